The van der Waals surface area contributed by atoms with Crippen LogP contribution in [0.15, 0.2) is 58.0 Å². The van der Waals surface area contributed by atoms with Gasteiger partial charge in [-0.1, -0.05) is 24.6 Å². The van der Waals surface area contributed by atoms with Gasteiger partial charge >= 0.3 is 5.63 Å². The Labute approximate surface area is 169 Å². The van der Waals surface area contributed by atoms with Crippen molar-refractivity contribution in [2.45, 2.75) is 19.9 Å². The Balaban J connectivity index is 1.93. The van der Waals surface area contributed by atoms with Crippen LogP contribution in [-0.4, -0.2) is 14.5 Å². The Morgan fingerprint density at radius 2 is 2.03 bits per heavy atom. The van der Waals surface area contributed by atoms with Gasteiger partial charge in [0.2, 0.25) is 5.71 Å². The van der Waals surface area contributed by atoms with Crippen LogP contribution in [0.4, 0.5) is 4.39 Å². The average Bonchev–Trinajstić information content (AvgIpc) is 3.05. The van der Waals surface area contributed by atoms with Crippen molar-refractivity contribution in [2.75, 3.05) is 0 Å². The molecule has 4 heterocycles. The number of aromatic nitrogens is 3. The summed E-state index contributed by atoms with van der Waals surface area (Å²) < 4.78 is 21.1. The van der Waals surface area contributed by atoms with Crippen molar-refractivity contribution in [3.05, 3.63) is 81.3 Å². The number of aryl methyl sites for hydroxylation is 1. The number of halogens is 2. The van der Waals surface area contributed by atoms with Gasteiger partial charge in [0.25, 0.3) is 0 Å². The Bertz CT molecular complexity index is 1470. The number of benzene rings is 1. The number of hydrogen-bond donors (Lipinski definition) is 0. The third-order valence-corrected chi connectivity index (χ3v) is 5.51. The SMILES string of the molecule is CCc1ccc2c(c1)c1c3cccnc3oc(=O)c1n2Cc1cc(F)cnc1Cl. The van der Waals surface area contributed by atoms with Crippen molar-refractivity contribution in [1.29, 1.82) is 0 Å². The lowest BCUT2D eigenvalue weighted by Gasteiger charge is -2.09. The summed E-state index contributed by atoms with van der Waals surface area (Å²) in [6, 6.07) is 11.1. The van der Waals surface area contributed by atoms with Crippen LogP contribution in [0.1, 0.15) is 18.1 Å². The fourth-order valence-corrected chi connectivity index (χ4v) is 3.98. The highest BCUT2D eigenvalue weighted by atomic mass is 35.5. The van der Waals surface area contributed by atoms with Crippen LogP contribution in [0, 0.1) is 5.82 Å². The maximum atomic E-state index is 13.8. The van der Waals surface area contributed by atoms with E-state index in [0.29, 0.717) is 11.1 Å². The van der Waals surface area contributed by atoms with Gasteiger partial charge in [-0.2, -0.15) is 0 Å². The van der Waals surface area contributed by atoms with E-state index in [2.05, 4.69) is 23.0 Å². The molecule has 144 valence electrons. The van der Waals surface area contributed by atoms with Crippen LogP contribution in [0.2, 0.25) is 5.15 Å². The molecule has 0 amide bonds. The van der Waals surface area contributed by atoms with E-state index in [4.69, 9.17) is 16.0 Å². The van der Waals surface area contributed by atoms with Gasteiger partial charge in [-0.25, -0.2) is 19.2 Å². The van der Waals surface area contributed by atoms with E-state index in [-0.39, 0.29) is 17.4 Å². The monoisotopic (exact) mass is 407 g/mol. The second-order valence-corrected chi connectivity index (χ2v) is 7.22. The van der Waals surface area contributed by atoms with E-state index in [1.54, 1.807) is 6.20 Å². The van der Waals surface area contributed by atoms with Crippen LogP contribution >= 0.6 is 11.6 Å². The largest absolute Gasteiger partial charge is 0.402 e. The van der Waals surface area contributed by atoms with Gasteiger partial charge in [0.1, 0.15) is 16.5 Å². The third kappa shape index (κ3) is 2.79. The lowest BCUT2D eigenvalue weighted by atomic mass is 10.1. The van der Waals surface area contributed by atoms with Crippen LogP contribution < -0.4 is 5.63 Å². The molecule has 0 aliphatic carbocycles. The highest BCUT2D eigenvalue weighted by molar-refractivity contribution is 6.30. The Hall–Kier alpha value is -3.25. The fourth-order valence-electron chi connectivity index (χ4n) is 3.82. The van der Waals surface area contributed by atoms with Crippen molar-refractivity contribution >= 4 is 44.5 Å². The molecule has 0 unspecified atom stereocenters. The molecule has 1 aromatic carbocycles. The second-order valence-electron chi connectivity index (χ2n) is 6.86. The first-order chi connectivity index (χ1) is 14.1. The molecule has 0 saturated carbocycles. The normalized spacial score (nSPS) is 11.7. The van der Waals surface area contributed by atoms with Gasteiger partial charge in [-0.05, 0) is 42.3 Å². The molecule has 0 aliphatic heterocycles. The standard InChI is InChI=1S/C22H15ClFN3O2/c1-2-12-5-6-17-16(8-12)18-15-4-3-7-25-21(15)29-22(28)19(18)27(17)11-13-9-14(24)10-26-20(13)23/h3-10H,2,11H2,1H3. The summed E-state index contributed by atoms with van der Waals surface area (Å²) in [5, 5.41) is 2.64. The van der Waals surface area contributed by atoms with Crippen LogP contribution in [0.25, 0.3) is 32.9 Å². The summed E-state index contributed by atoms with van der Waals surface area (Å²) in [5.74, 6) is -0.486. The zero-order valence-electron chi connectivity index (χ0n) is 15.4. The van der Waals surface area contributed by atoms with Gasteiger partial charge in [0, 0.05) is 33.4 Å². The summed E-state index contributed by atoms with van der Waals surface area (Å²) in [6.07, 6.45) is 3.52. The Kier molecular flexibility index (Phi) is 4.10. The van der Waals surface area contributed by atoms with Crippen molar-refractivity contribution < 1.29 is 8.81 Å². The molecule has 0 saturated heterocycles. The third-order valence-electron chi connectivity index (χ3n) is 5.17. The highest BCUT2D eigenvalue weighted by Crippen LogP contribution is 2.34. The number of rotatable bonds is 3. The lowest BCUT2D eigenvalue weighted by Crippen LogP contribution is -2.09. The Morgan fingerprint density at radius 1 is 1.17 bits per heavy atom. The molecular formula is C22H15ClFN3O2. The van der Waals surface area contributed by atoms with Crippen molar-refractivity contribution in [1.82, 2.24) is 14.5 Å². The molecule has 5 aromatic rings. The smallest absolute Gasteiger partial charge is 0.362 e. The summed E-state index contributed by atoms with van der Waals surface area (Å²) >= 11 is 6.20. The summed E-state index contributed by atoms with van der Waals surface area (Å²) in [7, 11) is 0. The molecule has 4 aromatic heterocycles. The lowest BCUT2D eigenvalue weighted by molar-refractivity contribution is 0.553. The van der Waals surface area contributed by atoms with Crippen LogP contribution in [-0.2, 0) is 13.0 Å². The molecule has 0 aliphatic rings. The molecular weight excluding hydrogens is 393 g/mol. The Morgan fingerprint density at radius 3 is 2.86 bits per heavy atom. The van der Waals surface area contributed by atoms with Gasteiger partial charge in [-0.15, -0.1) is 0 Å². The quantitative estimate of drug-likeness (QED) is 0.391. The molecule has 29 heavy (non-hydrogen) atoms. The highest BCUT2D eigenvalue weighted by Gasteiger charge is 2.20. The van der Waals surface area contributed by atoms with E-state index >= 15 is 0 Å². The maximum Gasteiger partial charge on any atom is 0.362 e. The fraction of sp³-hybridized carbons (Fsp3) is 0.136. The molecule has 5 nitrogen and oxygen atoms in total. The summed E-state index contributed by atoms with van der Waals surface area (Å²) in [5.41, 5.74) is 2.65. The van der Waals surface area contributed by atoms with E-state index in [9.17, 15) is 9.18 Å². The van der Waals surface area contributed by atoms with Crippen LogP contribution in [0.3, 0.4) is 0 Å². The average molecular weight is 408 g/mol. The molecule has 0 spiro atoms. The zero-order chi connectivity index (χ0) is 20.1. The van der Waals surface area contributed by atoms with Crippen molar-refractivity contribution in [3.63, 3.8) is 0 Å². The van der Waals surface area contributed by atoms with E-state index in [0.717, 1.165) is 39.9 Å². The number of hydrogen-bond acceptors (Lipinski definition) is 4. The second kappa shape index (κ2) is 6.67. The first-order valence-electron chi connectivity index (χ1n) is 9.19. The summed E-state index contributed by atoms with van der Waals surface area (Å²) in [6.45, 7) is 2.26. The van der Waals surface area contributed by atoms with E-state index in [1.165, 1.54) is 6.07 Å². The number of pyridine rings is 2. The molecule has 0 bridgehead atoms. The minimum Gasteiger partial charge on any atom is -0.402 e. The molecule has 0 fully saturated rings. The van der Waals surface area contributed by atoms with Crippen molar-refractivity contribution in [2.24, 2.45) is 0 Å². The van der Waals surface area contributed by atoms with E-state index in [1.807, 2.05) is 28.8 Å². The zero-order valence-corrected chi connectivity index (χ0v) is 16.2. The van der Waals surface area contributed by atoms with Crippen molar-refractivity contribution in [3.8, 4) is 0 Å². The minimum atomic E-state index is -0.499. The predicted octanol–water partition coefficient (Wildman–Crippen LogP) is 5.09. The van der Waals surface area contributed by atoms with Gasteiger partial charge in [-0.3, -0.25) is 0 Å². The molecule has 0 N–H and O–H groups in total. The number of fused-ring (bicyclic) bond motifs is 5. The maximum absolute atomic E-state index is 13.8. The van der Waals surface area contributed by atoms with Gasteiger partial charge in [0.15, 0.2) is 0 Å². The minimum absolute atomic E-state index is 0.186. The first kappa shape index (κ1) is 17.8. The summed E-state index contributed by atoms with van der Waals surface area (Å²) in [4.78, 5) is 21.0. The molecule has 5 rings (SSSR count). The molecule has 7 heteroatoms. The predicted molar refractivity (Wildman–Crippen MR) is 111 cm³/mol. The van der Waals surface area contributed by atoms with Crippen LogP contribution in [0.5, 0.6) is 0 Å². The van der Waals surface area contributed by atoms with Gasteiger partial charge in [0.05, 0.1) is 12.7 Å². The topological polar surface area (TPSA) is 60.9 Å². The number of nitrogens with zero attached hydrogens (tertiary/aromatic N) is 3. The van der Waals surface area contributed by atoms with Gasteiger partial charge < -0.3 is 8.98 Å². The molecule has 0 atom stereocenters. The first-order valence-corrected chi connectivity index (χ1v) is 9.57. The van der Waals surface area contributed by atoms with E-state index < -0.39 is 11.4 Å². The molecule has 0 radical (unpaired) electrons.